The summed E-state index contributed by atoms with van der Waals surface area (Å²) in [5.41, 5.74) is 1.98. The summed E-state index contributed by atoms with van der Waals surface area (Å²) in [4.78, 5) is 4.63. The van der Waals surface area contributed by atoms with Crippen molar-refractivity contribution >= 4 is 10.9 Å². The van der Waals surface area contributed by atoms with Crippen LogP contribution in [0.1, 0.15) is 31.9 Å². The normalized spacial score (nSPS) is 23.0. The molecule has 3 rings (SSSR count). The van der Waals surface area contributed by atoms with Gasteiger partial charge in [0.15, 0.2) is 0 Å². The molecule has 21 heavy (non-hydrogen) atoms. The van der Waals surface area contributed by atoms with Crippen molar-refractivity contribution in [3.8, 4) is 0 Å². The van der Waals surface area contributed by atoms with E-state index in [9.17, 15) is 5.11 Å². The minimum atomic E-state index is -0.300. The summed E-state index contributed by atoms with van der Waals surface area (Å²) in [6, 6.07) is 12.2. The van der Waals surface area contributed by atoms with Gasteiger partial charge in [-0.2, -0.15) is 0 Å². The Hall–Kier alpha value is -1.45. The molecule has 1 heterocycles. The van der Waals surface area contributed by atoms with Gasteiger partial charge in [0.25, 0.3) is 0 Å². The molecule has 0 radical (unpaired) electrons. The standard InChI is InChI=1S/C18H23NO2/c1-2-21-17-10-13(11-17)9-16(20)12-15-8-7-14-5-3-4-6-18(14)19-15/h3-8,13,16-17,20H,2,9-12H2,1H3. The Balaban J connectivity index is 1.53. The molecule has 0 saturated heterocycles. The lowest BCUT2D eigenvalue weighted by atomic mass is 9.78. The fourth-order valence-electron chi connectivity index (χ4n) is 3.17. The molecule has 2 aromatic rings. The van der Waals surface area contributed by atoms with E-state index in [1.807, 2.05) is 31.2 Å². The van der Waals surface area contributed by atoms with Gasteiger partial charge in [-0.15, -0.1) is 0 Å². The molecule has 1 aromatic heterocycles. The van der Waals surface area contributed by atoms with Crippen molar-refractivity contribution in [3.63, 3.8) is 0 Å². The van der Waals surface area contributed by atoms with Crippen LogP contribution in [-0.2, 0) is 11.2 Å². The van der Waals surface area contributed by atoms with Gasteiger partial charge in [-0.25, -0.2) is 0 Å². The summed E-state index contributed by atoms with van der Waals surface area (Å²) in [5.74, 6) is 0.608. The first-order valence-corrected chi connectivity index (χ1v) is 7.89. The molecule has 3 heteroatoms. The van der Waals surface area contributed by atoms with Gasteiger partial charge in [0.05, 0.1) is 17.7 Å². The van der Waals surface area contributed by atoms with Crippen molar-refractivity contribution in [2.45, 2.75) is 44.8 Å². The summed E-state index contributed by atoms with van der Waals surface area (Å²) in [6.45, 7) is 2.83. The van der Waals surface area contributed by atoms with Crippen LogP contribution in [-0.4, -0.2) is 28.9 Å². The summed E-state index contributed by atoms with van der Waals surface area (Å²) >= 11 is 0. The second kappa shape index (κ2) is 6.54. The second-order valence-corrected chi connectivity index (χ2v) is 6.00. The lowest BCUT2D eigenvalue weighted by molar-refractivity contribution is -0.0376. The number of ether oxygens (including phenoxy) is 1. The number of rotatable bonds is 6. The van der Waals surface area contributed by atoms with Crippen LogP contribution in [0.25, 0.3) is 10.9 Å². The number of para-hydroxylation sites is 1. The Kier molecular flexibility index (Phi) is 4.51. The number of aliphatic hydroxyl groups excluding tert-OH is 1. The molecule has 0 aliphatic heterocycles. The maximum absolute atomic E-state index is 10.2. The first-order valence-electron chi connectivity index (χ1n) is 7.89. The number of fused-ring (bicyclic) bond motifs is 1. The minimum Gasteiger partial charge on any atom is -0.393 e. The second-order valence-electron chi connectivity index (χ2n) is 6.00. The smallest absolute Gasteiger partial charge is 0.0705 e. The van der Waals surface area contributed by atoms with Gasteiger partial charge in [0.1, 0.15) is 0 Å². The molecule has 1 N–H and O–H groups in total. The highest BCUT2D eigenvalue weighted by atomic mass is 16.5. The molecule has 1 saturated carbocycles. The van der Waals surface area contributed by atoms with E-state index >= 15 is 0 Å². The van der Waals surface area contributed by atoms with Crippen LogP contribution >= 0.6 is 0 Å². The molecular formula is C18H23NO2. The molecule has 1 unspecified atom stereocenters. The largest absolute Gasteiger partial charge is 0.393 e. The molecule has 112 valence electrons. The SMILES string of the molecule is CCOC1CC(CC(O)Cc2ccc3ccccc3n2)C1. The van der Waals surface area contributed by atoms with Gasteiger partial charge in [0, 0.05) is 24.1 Å². The maximum Gasteiger partial charge on any atom is 0.0705 e. The van der Waals surface area contributed by atoms with E-state index in [1.165, 1.54) is 0 Å². The Morgan fingerprint density at radius 2 is 2.05 bits per heavy atom. The lowest BCUT2D eigenvalue weighted by Gasteiger charge is -2.36. The fourth-order valence-corrected chi connectivity index (χ4v) is 3.17. The molecular weight excluding hydrogens is 262 g/mol. The summed E-state index contributed by atoms with van der Waals surface area (Å²) in [7, 11) is 0. The van der Waals surface area contributed by atoms with Crippen LogP contribution in [0.5, 0.6) is 0 Å². The summed E-state index contributed by atoms with van der Waals surface area (Å²) in [5, 5.41) is 11.4. The Morgan fingerprint density at radius 3 is 2.86 bits per heavy atom. The van der Waals surface area contributed by atoms with E-state index in [0.29, 0.717) is 18.4 Å². The third-order valence-corrected chi connectivity index (χ3v) is 4.30. The number of nitrogens with zero attached hydrogens (tertiary/aromatic N) is 1. The van der Waals surface area contributed by atoms with Crippen LogP contribution in [0.2, 0.25) is 0 Å². The summed E-state index contributed by atoms with van der Waals surface area (Å²) in [6.07, 6.45) is 3.81. The van der Waals surface area contributed by atoms with Crippen molar-refractivity contribution in [1.29, 1.82) is 0 Å². The van der Waals surface area contributed by atoms with Gasteiger partial charge in [-0.3, -0.25) is 4.98 Å². The van der Waals surface area contributed by atoms with E-state index < -0.39 is 0 Å². The van der Waals surface area contributed by atoms with Crippen molar-refractivity contribution in [1.82, 2.24) is 4.98 Å². The maximum atomic E-state index is 10.2. The van der Waals surface area contributed by atoms with Gasteiger partial charge < -0.3 is 9.84 Å². The molecule has 3 nitrogen and oxygen atoms in total. The third-order valence-electron chi connectivity index (χ3n) is 4.30. The number of aliphatic hydroxyl groups is 1. The van der Waals surface area contributed by atoms with Crippen LogP contribution in [0.15, 0.2) is 36.4 Å². The topological polar surface area (TPSA) is 42.4 Å². The molecule has 1 fully saturated rings. The molecule has 0 spiro atoms. The van der Waals surface area contributed by atoms with E-state index in [1.54, 1.807) is 0 Å². The van der Waals surface area contributed by atoms with Gasteiger partial charge in [0.2, 0.25) is 0 Å². The number of pyridine rings is 1. The minimum absolute atomic E-state index is 0.300. The average molecular weight is 285 g/mol. The highest BCUT2D eigenvalue weighted by molar-refractivity contribution is 5.78. The van der Waals surface area contributed by atoms with Crippen LogP contribution in [0.4, 0.5) is 0 Å². The monoisotopic (exact) mass is 285 g/mol. The molecule has 1 aromatic carbocycles. The van der Waals surface area contributed by atoms with Gasteiger partial charge >= 0.3 is 0 Å². The first kappa shape index (κ1) is 14.5. The van der Waals surface area contributed by atoms with Gasteiger partial charge in [-0.1, -0.05) is 24.3 Å². The van der Waals surface area contributed by atoms with Crippen LogP contribution in [0.3, 0.4) is 0 Å². The Bertz CT molecular complexity index is 593. The molecule has 1 atom stereocenters. The van der Waals surface area contributed by atoms with E-state index in [0.717, 1.165) is 42.5 Å². The van der Waals surface area contributed by atoms with E-state index in [-0.39, 0.29) is 6.10 Å². The van der Waals surface area contributed by atoms with Crippen molar-refractivity contribution in [2.24, 2.45) is 5.92 Å². The Labute approximate surface area is 126 Å². The first-order chi connectivity index (χ1) is 10.2. The highest BCUT2D eigenvalue weighted by Crippen LogP contribution is 2.34. The predicted molar refractivity (Wildman–Crippen MR) is 84.2 cm³/mol. The van der Waals surface area contributed by atoms with Crippen molar-refractivity contribution < 1.29 is 9.84 Å². The Morgan fingerprint density at radius 1 is 1.24 bits per heavy atom. The predicted octanol–water partition coefficient (Wildman–Crippen LogP) is 3.34. The molecule has 1 aliphatic rings. The van der Waals surface area contributed by atoms with Crippen LogP contribution in [0, 0.1) is 5.92 Å². The zero-order chi connectivity index (χ0) is 14.7. The highest BCUT2D eigenvalue weighted by Gasteiger charge is 2.30. The number of benzene rings is 1. The average Bonchev–Trinajstić information content (AvgIpc) is 2.45. The van der Waals surface area contributed by atoms with E-state index in [4.69, 9.17) is 4.74 Å². The quantitative estimate of drug-likeness (QED) is 0.885. The van der Waals surface area contributed by atoms with Gasteiger partial charge in [-0.05, 0) is 44.2 Å². The fraction of sp³-hybridized carbons (Fsp3) is 0.500. The van der Waals surface area contributed by atoms with E-state index in [2.05, 4.69) is 17.1 Å². The van der Waals surface area contributed by atoms with Crippen LogP contribution < -0.4 is 0 Å². The lowest BCUT2D eigenvalue weighted by Crippen LogP contribution is -2.34. The molecule has 0 bridgehead atoms. The number of hydrogen-bond donors (Lipinski definition) is 1. The van der Waals surface area contributed by atoms with Crippen molar-refractivity contribution in [2.75, 3.05) is 6.61 Å². The van der Waals surface area contributed by atoms with Crippen molar-refractivity contribution in [3.05, 3.63) is 42.1 Å². The number of aromatic nitrogens is 1. The third kappa shape index (κ3) is 3.60. The number of hydrogen-bond acceptors (Lipinski definition) is 3. The molecule has 0 amide bonds. The summed E-state index contributed by atoms with van der Waals surface area (Å²) < 4.78 is 5.56. The zero-order valence-corrected chi connectivity index (χ0v) is 12.5. The molecule has 1 aliphatic carbocycles. The zero-order valence-electron chi connectivity index (χ0n) is 12.5.